The van der Waals surface area contributed by atoms with Crippen molar-refractivity contribution in [2.24, 2.45) is 5.10 Å². The minimum Gasteiger partial charge on any atom is -0.508 e. The fraction of sp³-hybridized carbons (Fsp3) is 0. The summed E-state index contributed by atoms with van der Waals surface area (Å²) in [6.07, 6.45) is 1.45. The van der Waals surface area contributed by atoms with E-state index >= 15 is 0 Å². The van der Waals surface area contributed by atoms with Crippen LogP contribution < -0.4 is 10.3 Å². The molecule has 0 bridgehead atoms. The van der Waals surface area contributed by atoms with E-state index in [4.69, 9.17) is 34.8 Å². The molecule has 3 aromatic rings. The number of phenols is 1. The maximum absolute atomic E-state index is 13.3. The molecule has 4 rings (SSSR count). The van der Waals surface area contributed by atoms with Crippen LogP contribution in [0.25, 0.3) is 6.08 Å². The minimum absolute atomic E-state index is 0.0145. The van der Waals surface area contributed by atoms with E-state index in [0.717, 1.165) is 11.1 Å². The second kappa shape index (κ2) is 9.75. The lowest BCUT2D eigenvalue weighted by Gasteiger charge is -2.15. The Morgan fingerprint density at radius 1 is 1.06 bits per heavy atom. The summed E-state index contributed by atoms with van der Waals surface area (Å²) in [7, 11) is 0. The number of hydrogen-bond acceptors (Lipinski definition) is 6. The van der Waals surface area contributed by atoms with Gasteiger partial charge in [0.2, 0.25) is 0 Å². The summed E-state index contributed by atoms with van der Waals surface area (Å²) < 4.78 is 0. The third-order valence-electron chi connectivity index (χ3n) is 4.83. The number of amides is 2. The molecule has 1 heterocycles. The Bertz CT molecular complexity index is 1410. The van der Waals surface area contributed by atoms with Crippen molar-refractivity contribution in [2.45, 2.75) is 0 Å². The summed E-state index contributed by atoms with van der Waals surface area (Å²) in [4.78, 5) is 36.7. The van der Waals surface area contributed by atoms with E-state index in [-0.39, 0.29) is 49.2 Å². The number of hydrogen-bond donors (Lipinski definition) is 2. The average molecular weight is 532 g/mol. The van der Waals surface area contributed by atoms with Crippen LogP contribution in [0.15, 0.2) is 71.3 Å². The maximum atomic E-state index is 13.3. The molecule has 0 radical (unpaired) electrons. The topological polar surface area (TPSA) is 125 Å². The zero-order valence-electron chi connectivity index (χ0n) is 17.4. The first-order valence-corrected chi connectivity index (χ1v) is 10.9. The van der Waals surface area contributed by atoms with Gasteiger partial charge in [-0.2, -0.15) is 5.01 Å². The lowest BCUT2D eigenvalue weighted by Crippen LogP contribution is -2.31. The Labute approximate surface area is 213 Å². The van der Waals surface area contributed by atoms with Gasteiger partial charge in [-0.05, 0) is 42.0 Å². The fourth-order valence-corrected chi connectivity index (χ4v) is 4.18. The van der Waals surface area contributed by atoms with Crippen LogP contribution in [-0.4, -0.2) is 27.7 Å². The number of rotatable bonds is 4. The van der Waals surface area contributed by atoms with Crippen LogP contribution in [0.2, 0.25) is 15.1 Å². The van der Waals surface area contributed by atoms with E-state index in [1.807, 2.05) is 0 Å². The number of nitrogens with zero attached hydrogens (tertiary/aromatic N) is 3. The van der Waals surface area contributed by atoms with E-state index in [0.29, 0.717) is 5.56 Å². The van der Waals surface area contributed by atoms with Gasteiger partial charge in [0.25, 0.3) is 17.5 Å². The van der Waals surface area contributed by atoms with Gasteiger partial charge in [-0.15, -0.1) is 5.10 Å². The van der Waals surface area contributed by atoms with Crippen molar-refractivity contribution in [3.63, 3.8) is 0 Å². The molecule has 35 heavy (non-hydrogen) atoms. The zero-order chi connectivity index (χ0) is 25.3. The number of amidine groups is 1. The normalized spacial score (nSPS) is 14.3. The largest absolute Gasteiger partial charge is 0.508 e. The third kappa shape index (κ3) is 5.12. The fourth-order valence-electron chi connectivity index (χ4n) is 3.20. The Hall–Kier alpha value is -3.92. The van der Waals surface area contributed by atoms with Crippen molar-refractivity contribution in [3.8, 4) is 5.75 Å². The Kier molecular flexibility index (Phi) is 6.74. The van der Waals surface area contributed by atoms with Crippen LogP contribution >= 0.6 is 34.8 Å². The third-order valence-corrected chi connectivity index (χ3v) is 5.62. The summed E-state index contributed by atoms with van der Waals surface area (Å²) in [6, 6.07) is 13.8. The molecular formula is C23H13Cl3N4O5. The molecule has 0 aromatic heterocycles. The van der Waals surface area contributed by atoms with Gasteiger partial charge in [0.05, 0.1) is 20.5 Å². The van der Waals surface area contributed by atoms with E-state index in [1.165, 1.54) is 48.5 Å². The van der Waals surface area contributed by atoms with Gasteiger partial charge in [0.15, 0.2) is 5.84 Å². The highest BCUT2D eigenvalue weighted by Crippen LogP contribution is 2.39. The van der Waals surface area contributed by atoms with Crippen molar-refractivity contribution in [1.29, 1.82) is 0 Å². The van der Waals surface area contributed by atoms with Gasteiger partial charge in [0.1, 0.15) is 11.4 Å². The van der Waals surface area contributed by atoms with Crippen LogP contribution in [-0.2, 0) is 4.79 Å². The lowest BCUT2D eigenvalue weighted by atomic mass is 10.1. The summed E-state index contributed by atoms with van der Waals surface area (Å²) >= 11 is 18.5. The lowest BCUT2D eigenvalue weighted by molar-refractivity contribution is -0.384. The molecule has 0 atom stereocenters. The minimum atomic E-state index is -0.730. The molecule has 0 aliphatic carbocycles. The molecule has 0 fully saturated rings. The van der Waals surface area contributed by atoms with E-state index in [2.05, 4.69) is 10.4 Å². The van der Waals surface area contributed by atoms with Crippen LogP contribution in [0, 0.1) is 10.1 Å². The Balaban J connectivity index is 1.77. The predicted molar refractivity (Wildman–Crippen MR) is 133 cm³/mol. The van der Waals surface area contributed by atoms with Crippen molar-refractivity contribution in [3.05, 3.63) is 103 Å². The molecule has 0 unspecified atom stereocenters. The van der Waals surface area contributed by atoms with Gasteiger partial charge in [-0.1, -0.05) is 53.0 Å². The standard InChI is InChI=1S/C23H13Cl3N4O5/c24-14-10-18(25)20(19(26)11-14)29-23(33)17(8-12-4-6-16(31)7-5-12)21(28-29)27-22(32)13-2-1-3-15(9-13)30(34)35/h1-11,31H,(H,27,28,32)/b17-8+. The van der Waals surface area contributed by atoms with Gasteiger partial charge in [0, 0.05) is 22.7 Å². The Morgan fingerprint density at radius 2 is 1.71 bits per heavy atom. The maximum Gasteiger partial charge on any atom is 0.282 e. The van der Waals surface area contributed by atoms with Crippen LogP contribution in [0.3, 0.4) is 0 Å². The number of anilines is 1. The molecule has 0 saturated heterocycles. The van der Waals surface area contributed by atoms with E-state index < -0.39 is 16.7 Å². The van der Waals surface area contributed by atoms with Gasteiger partial charge in [-0.25, -0.2) is 0 Å². The number of nitro benzene ring substituents is 1. The summed E-state index contributed by atoms with van der Waals surface area (Å²) in [5, 5.41) is 28.6. The number of nitrogens with one attached hydrogen (secondary N) is 1. The number of carbonyl (C=O) groups is 2. The van der Waals surface area contributed by atoms with Crippen molar-refractivity contribution in [2.75, 3.05) is 5.01 Å². The highest BCUT2D eigenvalue weighted by atomic mass is 35.5. The smallest absolute Gasteiger partial charge is 0.282 e. The molecule has 176 valence electrons. The molecule has 0 spiro atoms. The second-order valence-electron chi connectivity index (χ2n) is 7.19. The number of benzene rings is 3. The molecule has 2 amide bonds. The van der Waals surface area contributed by atoms with Crippen LogP contribution in [0.5, 0.6) is 5.75 Å². The molecule has 2 N–H and O–H groups in total. The van der Waals surface area contributed by atoms with Crippen molar-refractivity contribution in [1.82, 2.24) is 5.32 Å². The van der Waals surface area contributed by atoms with Gasteiger partial charge in [-0.3, -0.25) is 19.7 Å². The average Bonchev–Trinajstić information content (AvgIpc) is 3.09. The number of non-ortho nitro benzene ring substituents is 1. The molecule has 1 aliphatic heterocycles. The molecule has 3 aromatic carbocycles. The van der Waals surface area contributed by atoms with Crippen LogP contribution in [0.4, 0.5) is 11.4 Å². The molecule has 0 saturated carbocycles. The highest BCUT2D eigenvalue weighted by Gasteiger charge is 2.35. The monoisotopic (exact) mass is 530 g/mol. The zero-order valence-corrected chi connectivity index (χ0v) is 19.7. The number of aromatic hydroxyl groups is 1. The molecular weight excluding hydrogens is 519 g/mol. The molecule has 9 nitrogen and oxygen atoms in total. The summed E-state index contributed by atoms with van der Waals surface area (Å²) in [5.74, 6) is -1.49. The second-order valence-corrected chi connectivity index (χ2v) is 8.45. The number of phenolic OH excluding ortho intramolecular Hbond substituents is 1. The number of nitro groups is 1. The van der Waals surface area contributed by atoms with E-state index in [9.17, 15) is 24.8 Å². The first-order valence-electron chi connectivity index (χ1n) is 9.78. The Morgan fingerprint density at radius 3 is 2.34 bits per heavy atom. The number of carbonyl (C=O) groups excluding carboxylic acids is 2. The quantitative estimate of drug-likeness (QED) is 0.264. The highest BCUT2D eigenvalue weighted by molar-refractivity contribution is 6.44. The summed E-state index contributed by atoms with van der Waals surface area (Å²) in [5.41, 5.74) is 0.275. The first kappa shape index (κ1) is 24.2. The van der Waals surface area contributed by atoms with E-state index in [1.54, 1.807) is 12.1 Å². The molecule has 12 heteroatoms. The molecule has 1 aliphatic rings. The first-order chi connectivity index (χ1) is 16.6. The SMILES string of the molecule is O=C(NC1=NN(c2c(Cl)cc(Cl)cc2Cl)C(=O)/C1=C/c1ccc(O)cc1)c1cccc([N+](=O)[O-])c1. The number of hydrazone groups is 1. The van der Waals surface area contributed by atoms with Gasteiger partial charge < -0.3 is 10.4 Å². The number of halogens is 3. The van der Waals surface area contributed by atoms with Crippen molar-refractivity contribution < 1.29 is 19.6 Å². The van der Waals surface area contributed by atoms with Crippen molar-refractivity contribution >= 4 is 69.9 Å². The predicted octanol–water partition coefficient (Wildman–Crippen LogP) is 5.43. The van der Waals surface area contributed by atoms with Crippen LogP contribution in [0.1, 0.15) is 15.9 Å². The van der Waals surface area contributed by atoms with Gasteiger partial charge >= 0.3 is 0 Å². The summed E-state index contributed by atoms with van der Waals surface area (Å²) in [6.45, 7) is 0.